The van der Waals surface area contributed by atoms with Crippen LogP contribution in [0.5, 0.6) is 0 Å². The second kappa shape index (κ2) is 7.28. The first-order valence-electron chi connectivity index (χ1n) is 9.16. The maximum atomic E-state index is 12.8. The number of alkyl halides is 3. The molecule has 0 bridgehead atoms. The Morgan fingerprint density at radius 3 is 2.39 bits per heavy atom. The Kier molecular flexibility index (Phi) is 4.95. The van der Waals surface area contributed by atoms with Crippen LogP contribution >= 0.6 is 11.6 Å². The van der Waals surface area contributed by atoms with E-state index in [0.29, 0.717) is 32.0 Å². The molecule has 1 saturated heterocycles. The molecule has 148 valence electrons. The summed E-state index contributed by atoms with van der Waals surface area (Å²) in [5.74, 6) is 0.801. The average molecular weight is 410 g/mol. The van der Waals surface area contributed by atoms with Crippen molar-refractivity contribution in [3.63, 3.8) is 0 Å². The van der Waals surface area contributed by atoms with Crippen LogP contribution in [-0.4, -0.2) is 42.0 Å². The van der Waals surface area contributed by atoms with Crippen molar-refractivity contribution in [2.75, 3.05) is 31.1 Å². The first-order valence-corrected chi connectivity index (χ1v) is 9.54. The number of amides is 1. The van der Waals surface area contributed by atoms with Gasteiger partial charge < -0.3 is 9.80 Å². The lowest BCUT2D eigenvalue weighted by atomic mass is 10.1. The Morgan fingerprint density at radius 2 is 1.79 bits per heavy atom. The molecule has 1 aromatic heterocycles. The number of nitrogens with zero attached hydrogens (tertiary/aromatic N) is 3. The Balaban J connectivity index is 1.36. The summed E-state index contributed by atoms with van der Waals surface area (Å²) in [6.45, 7) is 2.00. The van der Waals surface area contributed by atoms with E-state index in [0.717, 1.165) is 18.7 Å². The Hall–Kier alpha value is -2.28. The van der Waals surface area contributed by atoms with Gasteiger partial charge in [0, 0.05) is 38.3 Å². The minimum atomic E-state index is -4.47. The third-order valence-electron chi connectivity index (χ3n) is 5.38. The van der Waals surface area contributed by atoms with Gasteiger partial charge in [0.15, 0.2) is 0 Å². The van der Waals surface area contributed by atoms with E-state index in [1.807, 2.05) is 40.1 Å². The zero-order chi connectivity index (χ0) is 19.9. The third-order valence-corrected chi connectivity index (χ3v) is 5.65. The van der Waals surface area contributed by atoms with Crippen LogP contribution in [0.3, 0.4) is 0 Å². The molecule has 4 nitrogen and oxygen atoms in total. The summed E-state index contributed by atoms with van der Waals surface area (Å²) in [6, 6.07) is 10.9. The maximum Gasteiger partial charge on any atom is 0.417 e. The van der Waals surface area contributed by atoms with Crippen LogP contribution in [0.2, 0.25) is 5.02 Å². The van der Waals surface area contributed by atoms with Gasteiger partial charge in [0.05, 0.1) is 10.6 Å². The Bertz CT molecular complexity index is 867. The molecule has 0 N–H and O–H groups in total. The minimum absolute atomic E-state index is 0.0269. The zero-order valence-corrected chi connectivity index (χ0v) is 15.7. The molecule has 1 saturated carbocycles. The fraction of sp³-hybridized carbons (Fsp3) is 0.400. The number of piperazine rings is 1. The quantitative estimate of drug-likeness (QED) is 0.762. The standard InChI is InChI=1S/C20H19ClF3N3O/c21-17-10-14(20(22,23)24)12-25-18(17)26-6-8-27(9-7-26)19(28)16-11-15(16)13-4-2-1-3-5-13/h1-5,10,12,15-16H,6-9,11H2/t15-,16-/m0/s1. The second-order valence-corrected chi connectivity index (χ2v) is 7.61. The molecular formula is C20H19ClF3N3O. The highest BCUT2D eigenvalue weighted by molar-refractivity contribution is 6.33. The SMILES string of the molecule is O=C([C@H]1C[C@H]1c1ccccc1)N1CCN(c2ncc(C(F)(F)F)cc2Cl)CC1. The van der Waals surface area contributed by atoms with Gasteiger partial charge in [0.2, 0.25) is 5.91 Å². The van der Waals surface area contributed by atoms with Gasteiger partial charge in [-0.2, -0.15) is 13.2 Å². The molecule has 28 heavy (non-hydrogen) atoms. The molecule has 1 aliphatic carbocycles. The molecule has 1 aliphatic heterocycles. The van der Waals surface area contributed by atoms with E-state index in [4.69, 9.17) is 11.6 Å². The van der Waals surface area contributed by atoms with Gasteiger partial charge in [-0.1, -0.05) is 41.9 Å². The lowest BCUT2D eigenvalue weighted by Crippen LogP contribution is -2.49. The fourth-order valence-electron chi connectivity index (χ4n) is 3.73. The summed E-state index contributed by atoms with van der Waals surface area (Å²) in [7, 11) is 0. The van der Waals surface area contributed by atoms with Gasteiger partial charge in [-0.3, -0.25) is 4.79 Å². The number of halogens is 4. The van der Waals surface area contributed by atoms with Crippen LogP contribution < -0.4 is 4.90 Å². The third kappa shape index (κ3) is 3.81. The van der Waals surface area contributed by atoms with Gasteiger partial charge in [-0.25, -0.2) is 4.98 Å². The van der Waals surface area contributed by atoms with Gasteiger partial charge in [-0.15, -0.1) is 0 Å². The van der Waals surface area contributed by atoms with Crippen molar-refractivity contribution in [1.29, 1.82) is 0 Å². The largest absolute Gasteiger partial charge is 0.417 e. The molecule has 8 heteroatoms. The van der Waals surface area contributed by atoms with Crippen molar-refractivity contribution in [3.8, 4) is 0 Å². The van der Waals surface area contributed by atoms with E-state index in [2.05, 4.69) is 4.98 Å². The van der Waals surface area contributed by atoms with Crippen molar-refractivity contribution in [3.05, 3.63) is 58.7 Å². The van der Waals surface area contributed by atoms with E-state index in [1.54, 1.807) is 0 Å². The topological polar surface area (TPSA) is 36.4 Å². The number of hydrogen-bond donors (Lipinski definition) is 0. The second-order valence-electron chi connectivity index (χ2n) is 7.20. The van der Waals surface area contributed by atoms with Crippen LogP contribution in [0.25, 0.3) is 0 Å². The lowest BCUT2D eigenvalue weighted by molar-refractivity contribution is -0.138. The number of pyridine rings is 1. The maximum absolute atomic E-state index is 12.8. The summed E-state index contributed by atoms with van der Waals surface area (Å²) in [6.07, 6.45) is -2.80. The predicted molar refractivity (Wildman–Crippen MR) is 100 cm³/mol. The number of carbonyl (C=O) groups is 1. The van der Waals surface area contributed by atoms with Crippen molar-refractivity contribution < 1.29 is 18.0 Å². The molecule has 2 atom stereocenters. The van der Waals surface area contributed by atoms with Crippen molar-refractivity contribution in [1.82, 2.24) is 9.88 Å². The van der Waals surface area contributed by atoms with Crippen LogP contribution in [0, 0.1) is 5.92 Å². The Morgan fingerprint density at radius 1 is 1.11 bits per heavy atom. The lowest BCUT2D eigenvalue weighted by Gasteiger charge is -2.36. The summed E-state index contributed by atoms with van der Waals surface area (Å²) >= 11 is 6.03. The van der Waals surface area contributed by atoms with Crippen molar-refractivity contribution in [2.45, 2.75) is 18.5 Å². The number of rotatable bonds is 3. The molecule has 1 amide bonds. The van der Waals surface area contributed by atoms with Gasteiger partial charge in [-0.05, 0) is 24.0 Å². The van der Waals surface area contributed by atoms with Crippen LogP contribution in [0.1, 0.15) is 23.5 Å². The normalized spacial score (nSPS) is 22.3. The highest BCUT2D eigenvalue weighted by atomic mass is 35.5. The average Bonchev–Trinajstić information content (AvgIpc) is 3.48. The highest BCUT2D eigenvalue weighted by Gasteiger charge is 2.46. The molecule has 2 fully saturated rings. The van der Waals surface area contributed by atoms with Crippen molar-refractivity contribution >= 4 is 23.3 Å². The predicted octanol–water partition coefficient (Wildman–Crippen LogP) is 4.21. The van der Waals surface area contributed by atoms with Gasteiger partial charge in [0.1, 0.15) is 5.82 Å². The first-order chi connectivity index (χ1) is 13.3. The van der Waals surface area contributed by atoms with E-state index in [1.165, 1.54) is 5.56 Å². The van der Waals surface area contributed by atoms with E-state index in [9.17, 15) is 18.0 Å². The number of aromatic nitrogens is 1. The molecule has 1 aromatic carbocycles. The number of carbonyl (C=O) groups excluding carboxylic acids is 1. The zero-order valence-electron chi connectivity index (χ0n) is 15.0. The fourth-order valence-corrected chi connectivity index (χ4v) is 4.01. The van der Waals surface area contributed by atoms with E-state index >= 15 is 0 Å². The summed E-state index contributed by atoms with van der Waals surface area (Å²) in [5, 5.41) is -0.0269. The smallest absolute Gasteiger partial charge is 0.352 e. The van der Waals surface area contributed by atoms with Gasteiger partial charge >= 0.3 is 6.18 Å². The monoisotopic (exact) mass is 409 g/mol. The van der Waals surface area contributed by atoms with Crippen LogP contribution in [0.4, 0.5) is 19.0 Å². The molecule has 0 radical (unpaired) electrons. The molecule has 2 aromatic rings. The molecular weight excluding hydrogens is 391 g/mol. The number of hydrogen-bond acceptors (Lipinski definition) is 3. The molecule has 2 heterocycles. The van der Waals surface area contributed by atoms with Gasteiger partial charge in [0.25, 0.3) is 0 Å². The number of anilines is 1. The summed E-state index contributed by atoms with van der Waals surface area (Å²) in [4.78, 5) is 20.3. The summed E-state index contributed by atoms with van der Waals surface area (Å²) < 4.78 is 38.3. The van der Waals surface area contributed by atoms with E-state index < -0.39 is 11.7 Å². The van der Waals surface area contributed by atoms with Crippen LogP contribution in [-0.2, 0) is 11.0 Å². The minimum Gasteiger partial charge on any atom is -0.352 e. The summed E-state index contributed by atoms with van der Waals surface area (Å²) in [5.41, 5.74) is 0.330. The number of benzene rings is 1. The van der Waals surface area contributed by atoms with Crippen molar-refractivity contribution in [2.24, 2.45) is 5.92 Å². The molecule has 0 unspecified atom stereocenters. The molecule has 2 aliphatic rings. The molecule has 0 spiro atoms. The molecule has 4 rings (SSSR count). The van der Waals surface area contributed by atoms with Crippen LogP contribution in [0.15, 0.2) is 42.6 Å². The highest BCUT2D eigenvalue weighted by Crippen LogP contribution is 2.48. The van der Waals surface area contributed by atoms with E-state index in [-0.39, 0.29) is 22.8 Å². The first kappa shape index (κ1) is 19.1. The Labute approximate surface area is 165 Å².